The summed E-state index contributed by atoms with van der Waals surface area (Å²) < 4.78 is 16.7. The van der Waals surface area contributed by atoms with Crippen LogP contribution in [0.1, 0.15) is 24.8 Å². The van der Waals surface area contributed by atoms with Gasteiger partial charge in [0.25, 0.3) is 0 Å². The SMILES string of the molecule is COc1ccc2c(CN3CCCCC3CO)cc3cc4c(cc3c2c1)OCO4.Cl. The topological polar surface area (TPSA) is 51.2 Å². The molecule has 5 rings (SSSR count). The van der Waals surface area contributed by atoms with Crippen molar-refractivity contribution < 1.29 is 19.3 Å². The van der Waals surface area contributed by atoms with E-state index in [1.807, 2.05) is 6.07 Å². The van der Waals surface area contributed by atoms with Crippen LogP contribution in [0.25, 0.3) is 21.5 Å². The number of hydrogen-bond acceptors (Lipinski definition) is 5. The zero-order valence-electron chi connectivity index (χ0n) is 16.5. The van der Waals surface area contributed by atoms with E-state index in [9.17, 15) is 5.11 Å². The van der Waals surface area contributed by atoms with Crippen LogP contribution in [0.15, 0.2) is 36.4 Å². The molecule has 3 aromatic carbocycles. The molecule has 154 valence electrons. The number of aliphatic hydroxyl groups is 1. The Balaban J connectivity index is 0.00000205. The number of fused-ring (bicyclic) bond motifs is 4. The van der Waals surface area contributed by atoms with Crippen molar-refractivity contribution in [2.45, 2.75) is 31.8 Å². The van der Waals surface area contributed by atoms with Crippen LogP contribution in [0.3, 0.4) is 0 Å². The Hall–Kier alpha value is -2.21. The van der Waals surface area contributed by atoms with Gasteiger partial charge in [0.1, 0.15) is 5.75 Å². The van der Waals surface area contributed by atoms with Crippen LogP contribution < -0.4 is 14.2 Å². The summed E-state index contributed by atoms with van der Waals surface area (Å²) in [6.07, 6.45) is 3.45. The fourth-order valence-electron chi connectivity index (χ4n) is 4.55. The van der Waals surface area contributed by atoms with Gasteiger partial charge in [0.2, 0.25) is 6.79 Å². The highest BCUT2D eigenvalue weighted by atomic mass is 35.5. The quantitative estimate of drug-likeness (QED) is 0.636. The molecule has 1 unspecified atom stereocenters. The summed E-state index contributed by atoms with van der Waals surface area (Å²) in [5.74, 6) is 2.43. The molecule has 5 nitrogen and oxygen atoms in total. The van der Waals surface area contributed by atoms with Crippen molar-refractivity contribution in [1.29, 1.82) is 0 Å². The minimum absolute atomic E-state index is 0. The highest BCUT2D eigenvalue weighted by Gasteiger charge is 2.23. The Morgan fingerprint density at radius 2 is 1.86 bits per heavy atom. The Morgan fingerprint density at radius 1 is 1.03 bits per heavy atom. The first kappa shape index (κ1) is 20.1. The molecule has 0 bridgehead atoms. The maximum absolute atomic E-state index is 9.81. The molecule has 0 radical (unpaired) electrons. The van der Waals surface area contributed by atoms with Gasteiger partial charge in [-0.25, -0.2) is 0 Å². The third kappa shape index (κ3) is 3.59. The van der Waals surface area contributed by atoms with Gasteiger partial charge in [0.15, 0.2) is 11.5 Å². The van der Waals surface area contributed by atoms with Crippen molar-refractivity contribution in [2.75, 3.05) is 27.1 Å². The summed E-state index contributed by atoms with van der Waals surface area (Å²) in [6, 6.07) is 12.9. The lowest BCUT2D eigenvalue weighted by molar-refractivity contribution is 0.0845. The monoisotopic (exact) mass is 415 g/mol. The van der Waals surface area contributed by atoms with Crippen molar-refractivity contribution in [1.82, 2.24) is 4.90 Å². The number of benzene rings is 3. The van der Waals surface area contributed by atoms with Gasteiger partial charge in [-0.1, -0.05) is 12.5 Å². The third-order valence-electron chi connectivity index (χ3n) is 6.07. The van der Waals surface area contributed by atoms with Gasteiger partial charge in [-0.2, -0.15) is 0 Å². The summed E-state index contributed by atoms with van der Waals surface area (Å²) in [4.78, 5) is 2.42. The molecule has 2 heterocycles. The molecule has 2 aliphatic heterocycles. The second-order valence-corrected chi connectivity index (χ2v) is 7.68. The Morgan fingerprint density at radius 3 is 2.66 bits per heavy atom. The number of piperidine rings is 1. The number of hydrogen-bond donors (Lipinski definition) is 1. The number of rotatable bonds is 4. The normalized spacial score (nSPS) is 18.8. The number of aliphatic hydroxyl groups excluding tert-OH is 1. The fourth-order valence-corrected chi connectivity index (χ4v) is 4.55. The summed E-state index contributed by atoms with van der Waals surface area (Å²) in [5, 5.41) is 14.5. The van der Waals surface area contributed by atoms with Gasteiger partial charge in [-0.15, -0.1) is 12.4 Å². The van der Waals surface area contributed by atoms with Gasteiger partial charge in [0, 0.05) is 12.6 Å². The Bertz CT molecular complexity index is 1040. The van der Waals surface area contributed by atoms with Crippen LogP contribution in [0, 0.1) is 0 Å². The first-order valence-corrected chi connectivity index (χ1v) is 9.94. The summed E-state index contributed by atoms with van der Waals surface area (Å²) in [6.45, 7) is 2.35. The lowest BCUT2D eigenvalue weighted by Crippen LogP contribution is -2.41. The van der Waals surface area contributed by atoms with E-state index < -0.39 is 0 Å². The van der Waals surface area contributed by atoms with Crippen LogP contribution in [-0.2, 0) is 6.54 Å². The molecule has 0 aliphatic carbocycles. The molecule has 3 aromatic rings. The number of methoxy groups -OCH3 is 1. The minimum Gasteiger partial charge on any atom is -0.497 e. The predicted molar refractivity (Wildman–Crippen MR) is 117 cm³/mol. The largest absolute Gasteiger partial charge is 0.497 e. The molecule has 1 atom stereocenters. The molecular weight excluding hydrogens is 390 g/mol. The molecule has 6 heteroatoms. The van der Waals surface area contributed by atoms with Crippen molar-refractivity contribution in [3.05, 3.63) is 42.0 Å². The molecule has 0 amide bonds. The molecule has 1 saturated heterocycles. The molecule has 0 saturated carbocycles. The Kier molecular flexibility index (Phi) is 5.72. The molecular formula is C23H26ClNO4. The molecule has 1 fully saturated rings. The third-order valence-corrected chi connectivity index (χ3v) is 6.07. The van der Waals surface area contributed by atoms with Crippen LogP contribution >= 0.6 is 12.4 Å². The predicted octanol–water partition coefficient (Wildman–Crippen LogP) is 4.50. The average molecular weight is 416 g/mol. The Labute approximate surface area is 176 Å². The first-order chi connectivity index (χ1) is 13.8. The number of ether oxygens (including phenoxy) is 3. The zero-order valence-corrected chi connectivity index (χ0v) is 17.3. The summed E-state index contributed by atoms with van der Waals surface area (Å²) in [7, 11) is 1.70. The maximum Gasteiger partial charge on any atom is 0.231 e. The van der Waals surface area contributed by atoms with E-state index in [0.717, 1.165) is 52.9 Å². The zero-order chi connectivity index (χ0) is 19.1. The van der Waals surface area contributed by atoms with E-state index in [4.69, 9.17) is 14.2 Å². The number of likely N-dealkylation sites (tertiary alicyclic amines) is 1. The molecule has 0 aromatic heterocycles. The average Bonchev–Trinajstić information content (AvgIpc) is 3.20. The van der Waals surface area contributed by atoms with Gasteiger partial charge < -0.3 is 19.3 Å². The molecule has 0 spiro atoms. The van der Waals surface area contributed by atoms with Crippen molar-refractivity contribution in [2.24, 2.45) is 0 Å². The van der Waals surface area contributed by atoms with E-state index >= 15 is 0 Å². The van der Waals surface area contributed by atoms with Crippen LogP contribution in [0.5, 0.6) is 17.2 Å². The number of nitrogens with zero attached hydrogens (tertiary/aromatic N) is 1. The highest BCUT2D eigenvalue weighted by molar-refractivity contribution is 6.10. The second kappa shape index (κ2) is 8.27. The van der Waals surface area contributed by atoms with E-state index in [1.54, 1.807) is 7.11 Å². The molecule has 2 aliphatic rings. The molecule has 1 N–H and O–H groups in total. The van der Waals surface area contributed by atoms with Gasteiger partial charge >= 0.3 is 0 Å². The first-order valence-electron chi connectivity index (χ1n) is 9.94. The highest BCUT2D eigenvalue weighted by Crippen LogP contribution is 2.40. The number of halogens is 1. The van der Waals surface area contributed by atoms with E-state index in [0.29, 0.717) is 0 Å². The van der Waals surface area contributed by atoms with E-state index in [1.165, 1.54) is 23.8 Å². The smallest absolute Gasteiger partial charge is 0.231 e. The van der Waals surface area contributed by atoms with Crippen LogP contribution in [-0.4, -0.2) is 43.1 Å². The lowest BCUT2D eigenvalue weighted by atomic mass is 9.95. The standard InChI is InChI=1S/C23H25NO4.ClH/c1-26-18-5-6-19-16(12-24-7-3-2-4-17(24)13-25)8-15-9-22-23(28-14-27-22)11-20(15)21(19)10-18;/h5-6,8-11,17,25H,2-4,7,12-14H2,1H3;1H. The van der Waals surface area contributed by atoms with Crippen LogP contribution in [0.2, 0.25) is 0 Å². The van der Waals surface area contributed by atoms with Crippen molar-refractivity contribution in [3.63, 3.8) is 0 Å². The van der Waals surface area contributed by atoms with Gasteiger partial charge in [0.05, 0.1) is 13.7 Å². The summed E-state index contributed by atoms with van der Waals surface area (Å²) in [5.41, 5.74) is 1.27. The van der Waals surface area contributed by atoms with Crippen molar-refractivity contribution >= 4 is 34.0 Å². The fraction of sp³-hybridized carbons (Fsp3) is 0.391. The van der Waals surface area contributed by atoms with Gasteiger partial charge in [-0.3, -0.25) is 4.90 Å². The van der Waals surface area contributed by atoms with Crippen molar-refractivity contribution in [3.8, 4) is 17.2 Å². The molecule has 29 heavy (non-hydrogen) atoms. The lowest BCUT2D eigenvalue weighted by Gasteiger charge is -2.35. The van der Waals surface area contributed by atoms with E-state index in [-0.39, 0.29) is 31.8 Å². The van der Waals surface area contributed by atoms with Crippen LogP contribution in [0.4, 0.5) is 0 Å². The maximum atomic E-state index is 9.81. The van der Waals surface area contributed by atoms with E-state index in [2.05, 4.69) is 35.2 Å². The van der Waals surface area contributed by atoms with Gasteiger partial charge in [-0.05, 0) is 76.8 Å². The second-order valence-electron chi connectivity index (χ2n) is 7.68. The minimum atomic E-state index is 0. The summed E-state index contributed by atoms with van der Waals surface area (Å²) >= 11 is 0.